The van der Waals surface area contributed by atoms with Gasteiger partial charge < -0.3 is 5.32 Å². The SMILES string of the molecule is CCC(C)(C)[C@H]1CCc2nc3ccccc3c(C(=O)NC(C)(C)C)c2C1. The van der Waals surface area contributed by atoms with E-state index in [1.54, 1.807) is 0 Å². The molecule has 140 valence electrons. The van der Waals surface area contributed by atoms with Gasteiger partial charge in [0.25, 0.3) is 5.91 Å². The van der Waals surface area contributed by atoms with Gasteiger partial charge in [-0.3, -0.25) is 9.78 Å². The predicted octanol–water partition coefficient (Wildman–Crippen LogP) is 5.30. The summed E-state index contributed by atoms with van der Waals surface area (Å²) in [6, 6.07) is 8.06. The lowest BCUT2D eigenvalue weighted by molar-refractivity contribution is 0.0918. The smallest absolute Gasteiger partial charge is 0.252 e. The normalized spacial score (nSPS) is 17.8. The van der Waals surface area contributed by atoms with E-state index in [4.69, 9.17) is 4.98 Å². The molecule has 3 rings (SSSR count). The van der Waals surface area contributed by atoms with Crippen LogP contribution in [-0.4, -0.2) is 16.4 Å². The fourth-order valence-corrected chi connectivity index (χ4v) is 4.01. The van der Waals surface area contributed by atoms with Crippen LogP contribution < -0.4 is 5.32 Å². The Bertz CT molecular complexity index is 830. The second-order valence-electron chi connectivity index (χ2n) is 9.42. The van der Waals surface area contributed by atoms with Crippen LogP contribution in [0, 0.1) is 11.3 Å². The minimum atomic E-state index is -0.259. The molecule has 0 saturated carbocycles. The van der Waals surface area contributed by atoms with Crippen LogP contribution in [0.5, 0.6) is 0 Å². The molecule has 2 aromatic rings. The maximum atomic E-state index is 13.2. The van der Waals surface area contributed by atoms with E-state index in [9.17, 15) is 4.79 Å². The molecule has 1 aliphatic rings. The summed E-state index contributed by atoms with van der Waals surface area (Å²) in [5.41, 5.74) is 4.08. The van der Waals surface area contributed by atoms with E-state index < -0.39 is 0 Å². The van der Waals surface area contributed by atoms with Crippen LogP contribution in [0.15, 0.2) is 24.3 Å². The van der Waals surface area contributed by atoms with Crippen molar-refractivity contribution in [3.63, 3.8) is 0 Å². The number of nitrogens with zero attached hydrogens (tertiary/aromatic N) is 1. The Morgan fingerprint density at radius 3 is 2.54 bits per heavy atom. The summed E-state index contributed by atoms with van der Waals surface area (Å²) in [5, 5.41) is 4.15. The van der Waals surface area contributed by atoms with E-state index in [0.717, 1.165) is 47.8 Å². The van der Waals surface area contributed by atoms with Gasteiger partial charge in [0.1, 0.15) is 0 Å². The van der Waals surface area contributed by atoms with Gasteiger partial charge >= 0.3 is 0 Å². The highest BCUT2D eigenvalue weighted by Gasteiger charge is 2.34. The van der Waals surface area contributed by atoms with Crippen molar-refractivity contribution in [2.45, 2.75) is 72.8 Å². The minimum Gasteiger partial charge on any atom is -0.347 e. The average Bonchev–Trinajstić information content (AvgIpc) is 2.57. The zero-order valence-corrected chi connectivity index (χ0v) is 17.1. The summed E-state index contributed by atoms with van der Waals surface area (Å²) in [7, 11) is 0. The molecule has 0 fully saturated rings. The number of carbonyl (C=O) groups is 1. The number of fused-ring (bicyclic) bond motifs is 2. The van der Waals surface area contributed by atoms with Crippen molar-refractivity contribution in [2.75, 3.05) is 0 Å². The monoisotopic (exact) mass is 352 g/mol. The predicted molar refractivity (Wildman–Crippen MR) is 109 cm³/mol. The Kier molecular flexibility index (Phi) is 4.85. The third-order valence-corrected chi connectivity index (χ3v) is 5.99. The minimum absolute atomic E-state index is 0.0299. The molecule has 1 atom stereocenters. The van der Waals surface area contributed by atoms with Gasteiger partial charge in [0.05, 0.1) is 11.1 Å². The lowest BCUT2D eigenvalue weighted by atomic mass is 9.68. The molecule has 0 unspecified atom stereocenters. The van der Waals surface area contributed by atoms with Gasteiger partial charge in [0.2, 0.25) is 0 Å². The topological polar surface area (TPSA) is 42.0 Å². The van der Waals surface area contributed by atoms with Crippen molar-refractivity contribution in [3.05, 3.63) is 41.1 Å². The highest BCUT2D eigenvalue weighted by molar-refractivity contribution is 6.08. The molecule has 0 saturated heterocycles. The van der Waals surface area contributed by atoms with Crippen LogP contribution in [0.1, 0.15) is 76.0 Å². The quantitative estimate of drug-likeness (QED) is 0.814. The fourth-order valence-electron chi connectivity index (χ4n) is 4.01. The summed E-state index contributed by atoms with van der Waals surface area (Å²) in [5.74, 6) is 0.617. The van der Waals surface area contributed by atoms with E-state index >= 15 is 0 Å². The van der Waals surface area contributed by atoms with Crippen LogP contribution in [0.25, 0.3) is 10.9 Å². The second kappa shape index (κ2) is 6.68. The highest BCUT2D eigenvalue weighted by atomic mass is 16.1. The van der Waals surface area contributed by atoms with Crippen LogP contribution in [0.3, 0.4) is 0 Å². The van der Waals surface area contributed by atoms with Crippen LogP contribution in [0.2, 0.25) is 0 Å². The van der Waals surface area contributed by atoms with Crippen molar-refractivity contribution in [1.82, 2.24) is 10.3 Å². The third kappa shape index (κ3) is 3.62. The molecule has 1 aromatic heterocycles. The number of hydrogen-bond donors (Lipinski definition) is 1. The molecule has 1 aromatic carbocycles. The molecule has 1 heterocycles. The lowest BCUT2D eigenvalue weighted by Crippen LogP contribution is -2.41. The molecule has 3 nitrogen and oxygen atoms in total. The Morgan fingerprint density at radius 2 is 1.88 bits per heavy atom. The molecule has 0 spiro atoms. The number of aryl methyl sites for hydroxylation is 1. The lowest BCUT2D eigenvalue weighted by Gasteiger charge is -2.37. The summed E-state index contributed by atoms with van der Waals surface area (Å²) >= 11 is 0. The molecule has 0 bridgehead atoms. The number of benzene rings is 1. The van der Waals surface area contributed by atoms with Crippen molar-refractivity contribution >= 4 is 16.8 Å². The number of hydrogen-bond acceptors (Lipinski definition) is 2. The van der Waals surface area contributed by atoms with Gasteiger partial charge in [-0.2, -0.15) is 0 Å². The van der Waals surface area contributed by atoms with E-state index in [-0.39, 0.29) is 16.9 Å². The first-order chi connectivity index (χ1) is 12.1. The maximum Gasteiger partial charge on any atom is 0.252 e. The molecule has 3 heteroatoms. The Hall–Kier alpha value is -1.90. The van der Waals surface area contributed by atoms with E-state index in [2.05, 4.69) is 26.1 Å². The number of amides is 1. The van der Waals surface area contributed by atoms with Gasteiger partial charge in [-0.15, -0.1) is 0 Å². The summed E-state index contributed by atoms with van der Waals surface area (Å²) in [4.78, 5) is 18.2. The van der Waals surface area contributed by atoms with Crippen LogP contribution in [0.4, 0.5) is 0 Å². The standard InChI is InChI=1S/C23H32N2O/c1-7-23(5,6)15-12-13-19-17(14-15)20(21(26)25-22(2,3)4)16-10-8-9-11-18(16)24-19/h8-11,15H,7,12-14H2,1-6H3,(H,25,26)/t15-/m0/s1. The zero-order valence-electron chi connectivity index (χ0n) is 17.1. The maximum absolute atomic E-state index is 13.2. The molecule has 0 aliphatic heterocycles. The Morgan fingerprint density at radius 1 is 1.19 bits per heavy atom. The molecular formula is C23H32N2O. The van der Waals surface area contributed by atoms with Crippen molar-refractivity contribution in [1.29, 1.82) is 0 Å². The van der Waals surface area contributed by atoms with Crippen molar-refractivity contribution in [2.24, 2.45) is 11.3 Å². The molecule has 1 N–H and O–H groups in total. The Labute approximate surface area is 157 Å². The number of nitrogens with one attached hydrogen (secondary N) is 1. The van der Waals surface area contributed by atoms with Gasteiger partial charge in [-0.25, -0.2) is 0 Å². The number of carbonyl (C=O) groups excluding carboxylic acids is 1. The van der Waals surface area contributed by atoms with E-state index in [1.807, 2.05) is 45.0 Å². The van der Waals surface area contributed by atoms with Crippen LogP contribution >= 0.6 is 0 Å². The van der Waals surface area contributed by atoms with E-state index in [0.29, 0.717) is 5.92 Å². The first-order valence-corrected chi connectivity index (χ1v) is 9.85. The van der Waals surface area contributed by atoms with Gasteiger partial charge in [-0.1, -0.05) is 45.4 Å². The van der Waals surface area contributed by atoms with Gasteiger partial charge in [0, 0.05) is 16.6 Å². The number of pyridine rings is 1. The Balaban J connectivity index is 2.15. The van der Waals surface area contributed by atoms with Crippen molar-refractivity contribution in [3.8, 4) is 0 Å². The molecule has 1 amide bonds. The molecular weight excluding hydrogens is 320 g/mol. The largest absolute Gasteiger partial charge is 0.347 e. The molecule has 0 radical (unpaired) electrons. The third-order valence-electron chi connectivity index (χ3n) is 5.99. The first-order valence-electron chi connectivity index (χ1n) is 9.85. The van der Waals surface area contributed by atoms with Crippen molar-refractivity contribution < 1.29 is 4.79 Å². The zero-order chi connectivity index (χ0) is 19.1. The van der Waals surface area contributed by atoms with Crippen LogP contribution in [-0.2, 0) is 12.8 Å². The average molecular weight is 353 g/mol. The number of aromatic nitrogens is 1. The number of para-hydroxylation sites is 1. The fraction of sp³-hybridized carbons (Fsp3) is 0.565. The van der Waals surface area contributed by atoms with E-state index in [1.165, 1.54) is 5.56 Å². The summed E-state index contributed by atoms with van der Waals surface area (Å²) in [6.07, 6.45) is 4.21. The molecule has 1 aliphatic carbocycles. The summed E-state index contributed by atoms with van der Waals surface area (Å²) in [6.45, 7) is 13.1. The second-order valence-corrected chi connectivity index (χ2v) is 9.42. The first kappa shape index (κ1) is 18.9. The molecule has 26 heavy (non-hydrogen) atoms. The summed E-state index contributed by atoms with van der Waals surface area (Å²) < 4.78 is 0. The van der Waals surface area contributed by atoms with Gasteiger partial charge in [0.15, 0.2) is 0 Å². The highest BCUT2D eigenvalue weighted by Crippen LogP contribution is 2.41. The number of rotatable bonds is 3. The van der Waals surface area contributed by atoms with Gasteiger partial charge in [-0.05, 0) is 63.0 Å².